The summed E-state index contributed by atoms with van der Waals surface area (Å²) >= 11 is 5.77. The molecule has 102 valence electrons. The van der Waals surface area contributed by atoms with Gasteiger partial charge in [-0.05, 0) is 45.2 Å². The fourth-order valence-corrected chi connectivity index (χ4v) is 1.42. The van der Waals surface area contributed by atoms with Crippen LogP contribution in [-0.2, 0) is 0 Å². The highest BCUT2D eigenvalue weighted by atomic mass is 35.5. The first-order valence-electron chi connectivity index (χ1n) is 5.97. The van der Waals surface area contributed by atoms with E-state index in [0.29, 0.717) is 12.5 Å². The molecule has 0 amide bonds. The second kappa shape index (κ2) is 7.33. The highest BCUT2D eigenvalue weighted by molar-refractivity contribution is 6.28. The molecule has 0 aliphatic rings. The molecule has 0 fully saturated rings. The lowest BCUT2D eigenvalue weighted by atomic mass is 10.2. The zero-order chi connectivity index (χ0) is 13.5. The number of rotatable bonds is 7. The van der Waals surface area contributed by atoms with Crippen molar-refractivity contribution in [3.8, 4) is 6.01 Å². The molecular formula is C11H19ClN4O2. The zero-order valence-electron chi connectivity index (χ0n) is 10.9. The highest BCUT2D eigenvalue weighted by Gasteiger charge is 2.07. The van der Waals surface area contributed by atoms with E-state index in [0.717, 1.165) is 12.8 Å². The van der Waals surface area contributed by atoms with E-state index in [-0.39, 0.29) is 23.5 Å². The van der Waals surface area contributed by atoms with E-state index in [1.54, 1.807) is 6.92 Å². The minimum Gasteiger partial charge on any atom is -0.461 e. The molecule has 1 rings (SSSR count). The van der Waals surface area contributed by atoms with Gasteiger partial charge in [0.25, 0.3) is 0 Å². The van der Waals surface area contributed by atoms with E-state index >= 15 is 0 Å². The van der Waals surface area contributed by atoms with Gasteiger partial charge in [-0.15, -0.1) is 0 Å². The van der Waals surface area contributed by atoms with Crippen LogP contribution in [0.4, 0.5) is 5.95 Å². The summed E-state index contributed by atoms with van der Waals surface area (Å²) in [6, 6.07) is 0.211. The number of halogens is 1. The van der Waals surface area contributed by atoms with Gasteiger partial charge in [-0.25, -0.2) is 0 Å². The van der Waals surface area contributed by atoms with Gasteiger partial charge in [0.15, 0.2) is 0 Å². The van der Waals surface area contributed by atoms with Crippen LogP contribution in [0.5, 0.6) is 6.01 Å². The average molecular weight is 275 g/mol. The van der Waals surface area contributed by atoms with Gasteiger partial charge in [0.05, 0.1) is 12.2 Å². The number of aliphatic hydroxyl groups excluding tert-OH is 1. The van der Waals surface area contributed by atoms with Gasteiger partial charge in [-0.1, -0.05) is 0 Å². The molecule has 18 heavy (non-hydrogen) atoms. The van der Waals surface area contributed by atoms with Gasteiger partial charge in [0.2, 0.25) is 11.2 Å². The fourth-order valence-electron chi connectivity index (χ4n) is 1.27. The van der Waals surface area contributed by atoms with Crippen LogP contribution in [0.2, 0.25) is 5.28 Å². The van der Waals surface area contributed by atoms with Crippen LogP contribution in [0.1, 0.15) is 33.6 Å². The van der Waals surface area contributed by atoms with Crippen molar-refractivity contribution in [3.63, 3.8) is 0 Å². The number of nitrogens with one attached hydrogen (secondary N) is 1. The number of ether oxygens (including phenoxy) is 1. The Bertz CT molecular complexity index is 374. The number of hydrogen-bond donors (Lipinski definition) is 2. The second-order valence-corrected chi connectivity index (χ2v) is 4.63. The van der Waals surface area contributed by atoms with Crippen molar-refractivity contribution >= 4 is 17.5 Å². The number of aliphatic hydroxyl groups is 1. The molecule has 2 N–H and O–H groups in total. The molecule has 0 spiro atoms. The number of nitrogens with zero attached hydrogens (tertiary/aromatic N) is 3. The highest BCUT2D eigenvalue weighted by Crippen LogP contribution is 2.12. The fraction of sp³-hybridized carbons (Fsp3) is 0.727. The van der Waals surface area contributed by atoms with Gasteiger partial charge in [0.1, 0.15) is 0 Å². The summed E-state index contributed by atoms with van der Waals surface area (Å²) in [4.78, 5) is 11.9. The molecule has 6 nitrogen and oxygen atoms in total. The van der Waals surface area contributed by atoms with Crippen molar-refractivity contribution in [1.82, 2.24) is 15.0 Å². The molecule has 1 atom stereocenters. The van der Waals surface area contributed by atoms with E-state index in [9.17, 15) is 0 Å². The average Bonchev–Trinajstić information content (AvgIpc) is 2.22. The smallest absolute Gasteiger partial charge is 0.322 e. The molecule has 1 unspecified atom stereocenters. The van der Waals surface area contributed by atoms with E-state index in [2.05, 4.69) is 20.3 Å². The van der Waals surface area contributed by atoms with Gasteiger partial charge in [0, 0.05) is 6.54 Å². The van der Waals surface area contributed by atoms with Crippen molar-refractivity contribution < 1.29 is 9.84 Å². The van der Waals surface area contributed by atoms with Crippen molar-refractivity contribution in [3.05, 3.63) is 5.28 Å². The van der Waals surface area contributed by atoms with Gasteiger partial charge in [-0.2, -0.15) is 15.0 Å². The molecule has 0 aliphatic heterocycles. The Hall–Kier alpha value is -1.14. The van der Waals surface area contributed by atoms with Gasteiger partial charge < -0.3 is 15.2 Å². The van der Waals surface area contributed by atoms with E-state index in [1.165, 1.54) is 0 Å². The molecular weight excluding hydrogens is 256 g/mol. The molecule has 0 aromatic carbocycles. The maximum Gasteiger partial charge on any atom is 0.322 e. The summed E-state index contributed by atoms with van der Waals surface area (Å²) in [7, 11) is 0. The third-order valence-corrected chi connectivity index (χ3v) is 2.18. The van der Waals surface area contributed by atoms with E-state index in [1.807, 2.05) is 13.8 Å². The molecule has 1 aromatic heterocycles. The van der Waals surface area contributed by atoms with Crippen LogP contribution in [0.25, 0.3) is 0 Å². The van der Waals surface area contributed by atoms with Crippen LogP contribution in [-0.4, -0.2) is 38.8 Å². The number of anilines is 1. The predicted molar refractivity (Wildman–Crippen MR) is 70.0 cm³/mol. The summed E-state index contributed by atoms with van der Waals surface area (Å²) in [6.45, 7) is 6.18. The largest absolute Gasteiger partial charge is 0.461 e. The van der Waals surface area contributed by atoms with Crippen LogP contribution >= 0.6 is 11.6 Å². The summed E-state index contributed by atoms with van der Waals surface area (Å²) in [6.07, 6.45) is 1.22. The Morgan fingerprint density at radius 3 is 2.61 bits per heavy atom. The predicted octanol–water partition coefficient (Wildman–Crippen LogP) is 1.89. The first-order chi connectivity index (χ1) is 8.47. The maximum atomic E-state index is 9.13. The first kappa shape index (κ1) is 14.9. The van der Waals surface area contributed by atoms with Crippen LogP contribution in [0, 0.1) is 0 Å². The number of hydrogen-bond acceptors (Lipinski definition) is 6. The summed E-state index contributed by atoms with van der Waals surface area (Å²) in [5.41, 5.74) is 0. The van der Waals surface area contributed by atoms with E-state index < -0.39 is 0 Å². The molecule has 0 radical (unpaired) electrons. The summed E-state index contributed by atoms with van der Waals surface area (Å²) in [5.74, 6) is 0.385. The monoisotopic (exact) mass is 274 g/mol. The molecule has 0 saturated carbocycles. The van der Waals surface area contributed by atoms with Gasteiger partial charge >= 0.3 is 6.01 Å². The van der Waals surface area contributed by atoms with E-state index in [4.69, 9.17) is 21.4 Å². The molecule has 0 saturated heterocycles. The summed E-state index contributed by atoms with van der Waals surface area (Å²) in [5, 5.41) is 12.2. The molecule has 0 bridgehead atoms. The lowest BCUT2D eigenvalue weighted by Crippen LogP contribution is -2.12. The third-order valence-electron chi connectivity index (χ3n) is 2.01. The quantitative estimate of drug-likeness (QED) is 0.739. The molecule has 1 heterocycles. The summed E-state index contributed by atoms with van der Waals surface area (Å²) < 4.78 is 5.35. The Morgan fingerprint density at radius 2 is 2.00 bits per heavy atom. The van der Waals surface area contributed by atoms with Crippen molar-refractivity contribution in [1.29, 1.82) is 0 Å². The lowest BCUT2D eigenvalue weighted by Gasteiger charge is -2.10. The Balaban J connectivity index is 2.51. The Kier molecular flexibility index (Phi) is 6.07. The van der Waals surface area contributed by atoms with Crippen molar-refractivity contribution in [2.24, 2.45) is 0 Å². The second-order valence-electron chi connectivity index (χ2n) is 4.30. The molecule has 0 aliphatic carbocycles. The topological polar surface area (TPSA) is 80.2 Å². The van der Waals surface area contributed by atoms with Crippen LogP contribution in [0.15, 0.2) is 0 Å². The lowest BCUT2D eigenvalue weighted by molar-refractivity contribution is 0.183. The zero-order valence-corrected chi connectivity index (χ0v) is 11.6. The molecule has 7 heteroatoms. The van der Waals surface area contributed by atoms with Crippen molar-refractivity contribution in [2.75, 3.05) is 11.9 Å². The van der Waals surface area contributed by atoms with Crippen LogP contribution < -0.4 is 10.1 Å². The Morgan fingerprint density at radius 1 is 1.28 bits per heavy atom. The maximum absolute atomic E-state index is 9.13. The Labute approximate surface area is 112 Å². The minimum atomic E-state index is -0.298. The molecule has 1 aromatic rings. The number of aromatic nitrogens is 3. The first-order valence-corrected chi connectivity index (χ1v) is 6.35. The minimum absolute atomic E-state index is 0.0217. The SMILES string of the molecule is CC(O)CCCNc1nc(Cl)nc(OC(C)C)n1. The third kappa shape index (κ3) is 5.97. The standard InChI is InChI=1S/C11H19ClN4O2/c1-7(2)18-11-15-9(12)14-10(16-11)13-6-4-5-8(3)17/h7-8,17H,4-6H2,1-3H3,(H,13,14,15,16). The normalized spacial score (nSPS) is 12.6. The van der Waals surface area contributed by atoms with Crippen LogP contribution in [0.3, 0.4) is 0 Å². The van der Waals surface area contributed by atoms with Gasteiger partial charge in [-0.3, -0.25) is 0 Å². The van der Waals surface area contributed by atoms with Crippen molar-refractivity contribution in [2.45, 2.75) is 45.8 Å².